The van der Waals surface area contributed by atoms with Crippen LogP contribution in [0.5, 0.6) is 0 Å². The smallest absolute Gasteiger partial charge is 0.0550 e. The topological polar surface area (TPSA) is 38.9 Å². The standard InChI is InChI=1S/C9H10N2S.ClH/c10-4-3-7-1-2-9-8(5-7)6-11-12-9;/h1-2,5-6H,3-4,10H2;1H. The Morgan fingerprint density at radius 2 is 2.23 bits per heavy atom. The van der Waals surface area contributed by atoms with Crippen LogP contribution in [0.2, 0.25) is 0 Å². The van der Waals surface area contributed by atoms with E-state index in [0.717, 1.165) is 6.42 Å². The van der Waals surface area contributed by atoms with Crippen molar-refractivity contribution in [2.75, 3.05) is 6.54 Å². The summed E-state index contributed by atoms with van der Waals surface area (Å²) in [4.78, 5) is 0. The summed E-state index contributed by atoms with van der Waals surface area (Å²) in [6, 6.07) is 6.39. The third-order valence-electron chi connectivity index (χ3n) is 1.85. The maximum Gasteiger partial charge on any atom is 0.0550 e. The molecule has 1 heterocycles. The first kappa shape index (κ1) is 10.4. The number of hydrogen-bond donors (Lipinski definition) is 1. The molecule has 0 bridgehead atoms. The number of hydrogen-bond acceptors (Lipinski definition) is 3. The number of rotatable bonds is 2. The lowest BCUT2D eigenvalue weighted by Crippen LogP contribution is -2.02. The van der Waals surface area contributed by atoms with Crippen molar-refractivity contribution in [3.05, 3.63) is 30.0 Å². The van der Waals surface area contributed by atoms with Gasteiger partial charge in [-0.2, -0.15) is 4.37 Å². The zero-order valence-corrected chi connectivity index (χ0v) is 8.70. The Morgan fingerprint density at radius 3 is 3.00 bits per heavy atom. The molecule has 0 aliphatic heterocycles. The van der Waals surface area contributed by atoms with Gasteiger partial charge in [-0.1, -0.05) is 6.07 Å². The fourth-order valence-corrected chi connectivity index (χ4v) is 1.87. The third-order valence-corrected chi connectivity index (χ3v) is 2.63. The van der Waals surface area contributed by atoms with Crippen LogP contribution in [0.1, 0.15) is 5.56 Å². The van der Waals surface area contributed by atoms with E-state index in [-0.39, 0.29) is 12.4 Å². The van der Waals surface area contributed by atoms with E-state index < -0.39 is 0 Å². The minimum absolute atomic E-state index is 0. The number of fused-ring (bicyclic) bond motifs is 1. The van der Waals surface area contributed by atoms with Gasteiger partial charge in [0.05, 0.1) is 4.70 Å². The molecule has 0 spiro atoms. The monoisotopic (exact) mass is 214 g/mol. The third kappa shape index (κ3) is 2.18. The van der Waals surface area contributed by atoms with Crippen LogP contribution in [-0.4, -0.2) is 10.9 Å². The van der Waals surface area contributed by atoms with Gasteiger partial charge in [0.1, 0.15) is 0 Å². The first-order valence-electron chi connectivity index (χ1n) is 3.93. The number of benzene rings is 1. The van der Waals surface area contributed by atoms with Crippen LogP contribution in [0.25, 0.3) is 10.1 Å². The molecule has 0 aliphatic carbocycles. The summed E-state index contributed by atoms with van der Waals surface area (Å²) in [7, 11) is 0. The Balaban J connectivity index is 0.000000845. The fraction of sp³-hybridized carbons (Fsp3) is 0.222. The van der Waals surface area contributed by atoms with Gasteiger partial charge < -0.3 is 5.73 Å². The van der Waals surface area contributed by atoms with Gasteiger partial charge in [-0.05, 0) is 42.2 Å². The molecule has 4 heteroatoms. The van der Waals surface area contributed by atoms with Crippen molar-refractivity contribution in [1.82, 2.24) is 4.37 Å². The van der Waals surface area contributed by atoms with E-state index in [1.807, 2.05) is 6.20 Å². The van der Waals surface area contributed by atoms with Gasteiger partial charge >= 0.3 is 0 Å². The van der Waals surface area contributed by atoms with Crippen molar-refractivity contribution >= 4 is 34.0 Å². The van der Waals surface area contributed by atoms with Crippen LogP contribution < -0.4 is 5.73 Å². The number of nitrogens with zero attached hydrogens (tertiary/aromatic N) is 1. The lowest BCUT2D eigenvalue weighted by atomic mass is 10.1. The minimum atomic E-state index is 0. The van der Waals surface area contributed by atoms with E-state index >= 15 is 0 Å². The second kappa shape index (κ2) is 4.56. The number of nitrogens with two attached hydrogens (primary N) is 1. The molecular weight excluding hydrogens is 204 g/mol. The molecule has 1 aromatic heterocycles. The molecule has 2 aromatic rings. The first-order valence-corrected chi connectivity index (χ1v) is 4.71. The molecule has 2 N–H and O–H groups in total. The van der Waals surface area contributed by atoms with Crippen molar-refractivity contribution in [3.8, 4) is 0 Å². The van der Waals surface area contributed by atoms with Gasteiger partial charge in [0.15, 0.2) is 0 Å². The van der Waals surface area contributed by atoms with Crippen LogP contribution in [0, 0.1) is 0 Å². The zero-order valence-electron chi connectivity index (χ0n) is 7.06. The molecule has 0 aliphatic rings. The Hall–Kier alpha value is -0.640. The van der Waals surface area contributed by atoms with Crippen LogP contribution in [0.15, 0.2) is 24.4 Å². The highest BCUT2D eigenvalue weighted by Gasteiger charge is 1.96. The Labute approximate surface area is 87.3 Å². The Kier molecular flexibility index (Phi) is 3.66. The highest BCUT2D eigenvalue weighted by molar-refractivity contribution is 7.13. The largest absolute Gasteiger partial charge is 0.330 e. The molecule has 2 rings (SSSR count). The molecule has 0 saturated carbocycles. The minimum Gasteiger partial charge on any atom is -0.330 e. The van der Waals surface area contributed by atoms with E-state index in [0.29, 0.717) is 6.54 Å². The van der Waals surface area contributed by atoms with Crippen LogP contribution in [0.3, 0.4) is 0 Å². The predicted molar refractivity (Wildman–Crippen MR) is 59.6 cm³/mol. The fourth-order valence-electron chi connectivity index (χ4n) is 1.24. The molecule has 0 saturated heterocycles. The van der Waals surface area contributed by atoms with Crippen LogP contribution in [-0.2, 0) is 6.42 Å². The van der Waals surface area contributed by atoms with E-state index in [1.165, 1.54) is 27.2 Å². The summed E-state index contributed by atoms with van der Waals surface area (Å²) in [5.41, 5.74) is 6.76. The molecule has 0 radical (unpaired) electrons. The summed E-state index contributed by atoms with van der Waals surface area (Å²) >= 11 is 1.53. The van der Waals surface area contributed by atoms with E-state index in [2.05, 4.69) is 22.6 Å². The van der Waals surface area contributed by atoms with E-state index in [1.54, 1.807) is 0 Å². The predicted octanol–water partition coefficient (Wildman–Crippen LogP) is 2.22. The zero-order chi connectivity index (χ0) is 8.39. The second-order valence-corrected chi connectivity index (χ2v) is 3.57. The Morgan fingerprint density at radius 1 is 1.38 bits per heavy atom. The van der Waals surface area contributed by atoms with Gasteiger partial charge in [-0.3, -0.25) is 0 Å². The molecule has 0 fully saturated rings. The highest BCUT2D eigenvalue weighted by Crippen LogP contribution is 2.19. The van der Waals surface area contributed by atoms with Crippen molar-refractivity contribution in [2.45, 2.75) is 6.42 Å². The van der Waals surface area contributed by atoms with Gasteiger partial charge in [-0.15, -0.1) is 12.4 Å². The average Bonchev–Trinajstić information content (AvgIpc) is 2.51. The van der Waals surface area contributed by atoms with Crippen LogP contribution >= 0.6 is 23.9 Å². The van der Waals surface area contributed by atoms with Crippen LogP contribution in [0.4, 0.5) is 0 Å². The maximum absolute atomic E-state index is 5.47. The number of halogens is 1. The number of aromatic nitrogens is 1. The maximum atomic E-state index is 5.47. The molecule has 0 atom stereocenters. The normalized spacial score (nSPS) is 9.92. The molecule has 70 valence electrons. The van der Waals surface area contributed by atoms with E-state index in [4.69, 9.17) is 5.73 Å². The summed E-state index contributed by atoms with van der Waals surface area (Å²) in [6.45, 7) is 0.711. The van der Waals surface area contributed by atoms with Gasteiger partial charge in [-0.25, -0.2) is 0 Å². The lowest BCUT2D eigenvalue weighted by Gasteiger charge is -1.96. The molecule has 1 aromatic carbocycles. The van der Waals surface area contributed by atoms with Gasteiger partial charge in [0.25, 0.3) is 0 Å². The van der Waals surface area contributed by atoms with Crippen molar-refractivity contribution in [3.63, 3.8) is 0 Å². The summed E-state index contributed by atoms with van der Waals surface area (Å²) in [6.07, 6.45) is 2.85. The quantitative estimate of drug-likeness (QED) is 0.833. The average molecular weight is 215 g/mol. The van der Waals surface area contributed by atoms with Crippen molar-refractivity contribution < 1.29 is 0 Å². The Bertz CT molecular complexity index is 386. The summed E-state index contributed by atoms with van der Waals surface area (Å²) < 4.78 is 5.36. The lowest BCUT2D eigenvalue weighted by molar-refractivity contribution is 0.971. The second-order valence-electron chi connectivity index (χ2n) is 2.74. The SMILES string of the molecule is Cl.NCCc1ccc2sncc2c1. The van der Waals surface area contributed by atoms with Crippen molar-refractivity contribution in [2.24, 2.45) is 5.73 Å². The van der Waals surface area contributed by atoms with E-state index in [9.17, 15) is 0 Å². The molecule has 0 amide bonds. The summed E-state index contributed by atoms with van der Waals surface area (Å²) in [5.74, 6) is 0. The van der Waals surface area contributed by atoms with Gasteiger partial charge in [0, 0.05) is 11.6 Å². The first-order chi connectivity index (χ1) is 5.90. The summed E-state index contributed by atoms with van der Waals surface area (Å²) in [5, 5.41) is 1.23. The van der Waals surface area contributed by atoms with Gasteiger partial charge in [0.2, 0.25) is 0 Å². The van der Waals surface area contributed by atoms with Crippen molar-refractivity contribution in [1.29, 1.82) is 0 Å². The highest BCUT2D eigenvalue weighted by atomic mass is 35.5. The molecule has 0 unspecified atom stereocenters. The molecule has 13 heavy (non-hydrogen) atoms. The molecular formula is C9H11ClN2S. The molecule has 2 nitrogen and oxygen atoms in total.